The predicted molar refractivity (Wildman–Crippen MR) is 84.6 cm³/mol. The van der Waals surface area contributed by atoms with Gasteiger partial charge in [0.1, 0.15) is 11.4 Å². The zero-order valence-corrected chi connectivity index (χ0v) is 12.1. The summed E-state index contributed by atoms with van der Waals surface area (Å²) < 4.78 is 7.60. The van der Waals surface area contributed by atoms with E-state index in [-0.39, 0.29) is 0 Å². The lowest BCUT2D eigenvalue weighted by Gasteiger charge is -2.06. The lowest BCUT2D eigenvalue weighted by Crippen LogP contribution is -2.06. The van der Waals surface area contributed by atoms with E-state index in [0.29, 0.717) is 13.2 Å². The summed E-state index contributed by atoms with van der Waals surface area (Å²) in [6.45, 7) is 3.26. The first kappa shape index (κ1) is 13.6. The maximum atomic E-state index is 5.76. The summed E-state index contributed by atoms with van der Waals surface area (Å²) in [6, 6.07) is 14.1. The van der Waals surface area contributed by atoms with Gasteiger partial charge in [0.25, 0.3) is 0 Å². The summed E-state index contributed by atoms with van der Waals surface area (Å²) in [5.41, 5.74) is 9.94. The van der Waals surface area contributed by atoms with Crippen molar-refractivity contribution in [1.29, 1.82) is 0 Å². The molecular formula is C17H19N3O. The minimum atomic E-state index is 0.604. The van der Waals surface area contributed by atoms with E-state index in [2.05, 4.69) is 4.40 Å². The molecule has 0 amide bonds. The van der Waals surface area contributed by atoms with Crippen LogP contribution in [0.25, 0.3) is 16.9 Å². The van der Waals surface area contributed by atoms with Gasteiger partial charge in [-0.25, -0.2) is 4.98 Å². The molecule has 0 aliphatic rings. The molecule has 0 unspecified atom stereocenters. The topological polar surface area (TPSA) is 52.5 Å². The Morgan fingerprint density at radius 2 is 1.95 bits per heavy atom. The number of ether oxygens (including phenoxy) is 1. The molecule has 0 fully saturated rings. The highest BCUT2D eigenvalue weighted by Gasteiger charge is 2.13. The monoisotopic (exact) mass is 281 g/mol. The second-order valence-electron chi connectivity index (χ2n) is 4.83. The van der Waals surface area contributed by atoms with Gasteiger partial charge >= 0.3 is 0 Å². The molecule has 2 aromatic heterocycles. The van der Waals surface area contributed by atoms with Gasteiger partial charge in [0.05, 0.1) is 18.0 Å². The molecule has 1 aromatic carbocycles. The molecule has 0 aliphatic carbocycles. The van der Waals surface area contributed by atoms with E-state index in [4.69, 9.17) is 15.5 Å². The number of pyridine rings is 1. The first-order valence-corrected chi connectivity index (χ1v) is 7.22. The van der Waals surface area contributed by atoms with Gasteiger partial charge in [-0.05, 0) is 49.9 Å². The van der Waals surface area contributed by atoms with Crippen molar-refractivity contribution in [1.82, 2.24) is 9.38 Å². The van der Waals surface area contributed by atoms with Crippen LogP contribution in [0.5, 0.6) is 5.75 Å². The lowest BCUT2D eigenvalue weighted by molar-refractivity contribution is 0.340. The van der Waals surface area contributed by atoms with Gasteiger partial charge in [-0.2, -0.15) is 0 Å². The van der Waals surface area contributed by atoms with Crippen LogP contribution < -0.4 is 10.5 Å². The third-order valence-electron chi connectivity index (χ3n) is 3.45. The van der Waals surface area contributed by atoms with Gasteiger partial charge in [-0.15, -0.1) is 0 Å². The molecule has 2 heterocycles. The molecule has 21 heavy (non-hydrogen) atoms. The van der Waals surface area contributed by atoms with Crippen molar-refractivity contribution in [2.45, 2.75) is 13.3 Å². The maximum absolute atomic E-state index is 5.76. The second-order valence-corrected chi connectivity index (χ2v) is 4.83. The summed E-state index contributed by atoms with van der Waals surface area (Å²) in [5, 5.41) is 0. The predicted octanol–water partition coefficient (Wildman–Crippen LogP) is 2.90. The van der Waals surface area contributed by atoms with Crippen molar-refractivity contribution >= 4 is 5.65 Å². The zero-order chi connectivity index (χ0) is 14.7. The van der Waals surface area contributed by atoms with E-state index in [1.807, 2.05) is 55.6 Å². The number of fused-ring (bicyclic) bond motifs is 1. The molecular weight excluding hydrogens is 262 g/mol. The Bertz CT molecular complexity index is 731. The number of rotatable bonds is 5. The van der Waals surface area contributed by atoms with Gasteiger partial charge in [-0.1, -0.05) is 6.07 Å². The second kappa shape index (κ2) is 5.97. The smallest absolute Gasteiger partial charge is 0.137 e. The molecule has 4 heteroatoms. The van der Waals surface area contributed by atoms with Crippen molar-refractivity contribution in [3.05, 3.63) is 54.4 Å². The molecule has 2 N–H and O–H groups in total. The van der Waals surface area contributed by atoms with Gasteiger partial charge in [0.15, 0.2) is 0 Å². The normalized spacial score (nSPS) is 11.0. The Labute approximate surface area is 124 Å². The van der Waals surface area contributed by atoms with Crippen LogP contribution >= 0.6 is 0 Å². The van der Waals surface area contributed by atoms with Crippen molar-refractivity contribution in [3.63, 3.8) is 0 Å². The first-order chi connectivity index (χ1) is 10.3. The van der Waals surface area contributed by atoms with Crippen molar-refractivity contribution in [2.75, 3.05) is 13.2 Å². The van der Waals surface area contributed by atoms with Crippen molar-refractivity contribution in [2.24, 2.45) is 5.73 Å². The van der Waals surface area contributed by atoms with Crippen molar-refractivity contribution < 1.29 is 4.74 Å². The molecule has 0 aliphatic heterocycles. The molecule has 108 valence electrons. The molecule has 3 aromatic rings. The van der Waals surface area contributed by atoms with Crippen LogP contribution in [0.15, 0.2) is 48.7 Å². The van der Waals surface area contributed by atoms with E-state index in [1.54, 1.807) is 0 Å². The molecule has 3 rings (SSSR count). The largest absolute Gasteiger partial charge is 0.494 e. The maximum Gasteiger partial charge on any atom is 0.137 e. The molecule has 0 radical (unpaired) electrons. The summed E-state index contributed by atoms with van der Waals surface area (Å²) in [7, 11) is 0. The Morgan fingerprint density at radius 3 is 2.67 bits per heavy atom. The molecule has 0 saturated carbocycles. The standard InChI is InChI=1S/C17H19N3O/c1-2-21-14-8-6-13(7-9-14)17-15(10-11-18)20-12-4-3-5-16(20)19-17/h3-9,12H,2,10-11,18H2,1H3. The minimum absolute atomic E-state index is 0.604. The van der Waals surface area contributed by atoms with Crippen LogP contribution in [0.4, 0.5) is 0 Å². The molecule has 0 atom stereocenters. The van der Waals surface area contributed by atoms with Crippen LogP contribution in [0, 0.1) is 0 Å². The van der Waals surface area contributed by atoms with Crippen LogP contribution in [0.2, 0.25) is 0 Å². The fourth-order valence-electron chi connectivity index (χ4n) is 2.53. The average Bonchev–Trinajstić information content (AvgIpc) is 2.88. The highest BCUT2D eigenvalue weighted by Crippen LogP contribution is 2.26. The number of hydrogen-bond donors (Lipinski definition) is 1. The van der Waals surface area contributed by atoms with E-state index in [1.165, 1.54) is 0 Å². The fourth-order valence-corrected chi connectivity index (χ4v) is 2.53. The number of benzene rings is 1. The van der Waals surface area contributed by atoms with Crippen molar-refractivity contribution in [3.8, 4) is 17.0 Å². The van der Waals surface area contributed by atoms with E-state index in [0.717, 1.165) is 34.8 Å². The van der Waals surface area contributed by atoms with E-state index >= 15 is 0 Å². The summed E-state index contributed by atoms with van der Waals surface area (Å²) in [6.07, 6.45) is 2.83. The molecule has 0 spiro atoms. The molecule has 4 nitrogen and oxygen atoms in total. The van der Waals surface area contributed by atoms with Gasteiger partial charge < -0.3 is 14.9 Å². The average molecular weight is 281 g/mol. The fraction of sp³-hybridized carbons (Fsp3) is 0.235. The minimum Gasteiger partial charge on any atom is -0.494 e. The SMILES string of the molecule is CCOc1ccc(-c2nc3ccccn3c2CCN)cc1. The number of hydrogen-bond acceptors (Lipinski definition) is 3. The third-order valence-corrected chi connectivity index (χ3v) is 3.45. The first-order valence-electron chi connectivity index (χ1n) is 7.22. The van der Waals surface area contributed by atoms with Crippen LogP contribution in [-0.2, 0) is 6.42 Å². The Morgan fingerprint density at radius 1 is 1.14 bits per heavy atom. The summed E-state index contributed by atoms with van der Waals surface area (Å²) >= 11 is 0. The van der Waals surface area contributed by atoms with E-state index in [9.17, 15) is 0 Å². The van der Waals surface area contributed by atoms with Gasteiger partial charge in [0, 0.05) is 18.2 Å². The number of nitrogens with zero attached hydrogens (tertiary/aromatic N) is 2. The van der Waals surface area contributed by atoms with Gasteiger partial charge in [0.2, 0.25) is 0 Å². The number of aromatic nitrogens is 2. The van der Waals surface area contributed by atoms with E-state index < -0.39 is 0 Å². The Kier molecular flexibility index (Phi) is 3.88. The summed E-state index contributed by atoms with van der Waals surface area (Å²) in [5.74, 6) is 0.880. The highest BCUT2D eigenvalue weighted by molar-refractivity contribution is 5.67. The highest BCUT2D eigenvalue weighted by atomic mass is 16.5. The van der Waals surface area contributed by atoms with Crippen LogP contribution in [0.3, 0.4) is 0 Å². The van der Waals surface area contributed by atoms with Gasteiger partial charge in [-0.3, -0.25) is 0 Å². The molecule has 0 bridgehead atoms. The Hall–Kier alpha value is -2.33. The zero-order valence-electron chi connectivity index (χ0n) is 12.1. The lowest BCUT2D eigenvalue weighted by atomic mass is 10.1. The van der Waals surface area contributed by atoms with Crippen LogP contribution in [0.1, 0.15) is 12.6 Å². The molecule has 0 saturated heterocycles. The quantitative estimate of drug-likeness (QED) is 0.782. The Balaban J connectivity index is 2.08. The number of imidazole rings is 1. The van der Waals surface area contributed by atoms with Crippen LogP contribution in [-0.4, -0.2) is 22.5 Å². The number of nitrogens with two attached hydrogens (primary N) is 1. The summed E-state index contributed by atoms with van der Waals surface area (Å²) in [4.78, 5) is 4.74. The third kappa shape index (κ3) is 2.62.